The van der Waals surface area contributed by atoms with E-state index in [0.29, 0.717) is 5.76 Å². The van der Waals surface area contributed by atoms with Crippen LogP contribution in [0.15, 0.2) is 51.9 Å². The molecular formula is C14H10INO3. The molecule has 0 radical (unpaired) electrons. The van der Waals surface area contributed by atoms with E-state index in [0.717, 1.165) is 21.1 Å². The number of rotatable bonds is 4. The summed E-state index contributed by atoms with van der Waals surface area (Å²) in [5.74, 6) is -0.296. The Hall–Kier alpha value is -1.89. The van der Waals surface area contributed by atoms with Crippen LogP contribution >= 0.6 is 22.6 Å². The maximum atomic E-state index is 10.4. The second kappa shape index (κ2) is 6.33. The Morgan fingerprint density at radius 2 is 2.16 bits per heavy atom. The minimum Gasteiger partial charge on any atom is -0.478 e. The lowest BCUT2D eigenvalue weighted by Gasteiger charge is -1.95. The number of carboxylic acids is 1. The van der Waals surface area contributed by atoms with E-state index >= 15 is 0 Å². The largest absolute Gasteiger partial charge is 0.478 e. The van der Waals surface area contributed by atoms with Crippen molar-refractivity contribution >= 4 is 46.5 Å². The molecule has 0 bridgehead atoms. The SMILES string of the molecule is O=C(O)/C=C/c1cccc(N=Cc2ccc(I)o2)c1. The van der Waals surface area contributed by atoms with Gasteiger partial charge in [0.15, 0.2) is 3.77 Å². The second-order valence-electron chi connectivity index (χ2n) is 3.67. The molecule has 4 nitrogen and oxygen atoms in total. The van der Waals surface area contributed by atoms with Crippen LogP contribution in [0.5, 0.6) is 0 Å². The van der Waals surface area contributed by atoms with Gasteiger partial charge in [0, 0.05) is 6.08 Å². The van der Waals surface area contributed by atoms with Crippen LogP contribution in [0.1, 0.15) is 11.3 Å². The third kappa shape index (κ3) is 4.36. The molecule has 1 aromatic heterocycles. The van der Waals surface area contributed by atoms with Crippen LogP contribution in [0.2, 0.25) is 0 Å². The Morgan fingerprint density at radius 3 is 2.84 bits per heavy atom. The van der Waals surface area contributed by atoms with Gasteiger partial charge in [0.1, 0.15) is 5.76 Å². The number of aliphatic imine (C=N–C) groups is 1. The molecule has 0 unspecified atom stereocenters. The molecule has 0 atom stereocenters. The van der Waals surface area contributed by atoms with E-state index in [2.05, 4.69) is 27.6 Å². The number of carbonyl (C=O) groups is 1. The topological polar surface area (TPSA) is 62.8 Å². The predicted molar refractivity (Wildman–Crippen MR) is 81.8 cm³/mol. The van der Waals surface area contributed by atoms with E-state index in [9.17, 15) is 4.79 Å². The molecule has 0 saturated carbocycles. The summed E-state index contributed by atoms with van der Waals surface area (Å²) in [7, 11) is 0. The summed E-state index contributed by atoms with van der Waals surface area (Å²) in [5, 5.41) is 8.57. The first-order valence-corrected chi connectivity index (χ1v) is 6.52. The van der Waals surface area contributed by atoms with Gasteiger partial charge in [-0.25, -0.2) is 4.79 Å². The Labute approximate surface area is 123 Å². The summed E-state index contributed by atoms with van der Waals surface area (Å²) in [6, 6.07) is 11.0. The van der Waals surface area contributed by atoms with Crippen molar-refractivity contribution in [1.29, 1.82) is 0 Å². The summed E-state index contributed by atoms with van der Waals surface area (Å²) in [6.45, 7) is 0. The van der Waals surface area contributed by atoms with E-state index in [-0.39, 0.29) is 0 Å². The van der Waals surface area contributed by atoms with Gasteiger partial charge in [-0.05, 0) is 58.5 Å². The molecule has 0 aliphatic heterocycles. The second-order valence-corrected chi connectivity index (χ2v) is 4.73. The molecule has 0 aliphatic carbocycles. The lowest BCUT2D eigenvalue weighted by Crippen LogP contribution is -1.85. The number of benzene rings is 1. The first-order chi connectivity index (χ1) is 9.13. The van der Waals surface area contributed by atoms with E-state index < -0.39 is 5.97 Å². The summed E-state index contributed by atoms with van der Waals surface area (Å²) in [5.41, 5.74) is 1.52. The number of nitrogens with zero attached hydrogens (tertiary/aromatic N) is 1. The molecule has 0 aliphatic rings. The minimum atomic E-state index is -0.973. The van der Waals surface area contributed by atoms with Crippen molar-refractivity contribution in [3.05, 3.63) is 57.6 Å². The molecule has 19 heavy (non-hydrogen) atoms. The number of furan rings is 1. The fourth-order valence-corrected chi connectivity index (χ4v) is 1.85. The first kappa shape index (κ1) is 13.5. The standard InChI is InChI=1S/C14H10INO3/c15-13-6-5-12(19-13)9-16-11-3-1-2-10(8-11)4-7-14(17)18/h1-9H,(H,17,18)/b7-4+,16-9?. The van der Waals surface area contributed by atoms with Crippen molar-refractivity contribution in [2.45, 2.75) is 0 Å². The molecule has 0 fully saturated rings. The van der Waals surface area contributed by atoms with Gasteiger partial charge in [0.2, 0.25) is 0 Å². The molecule has 2 aromatic rings. The van der Waals surface area contributed by atoms with Gasteiger partial charge in [-0.2, -0.15) is 0 Å². The van der Waals surface area contributed by atoms with E-state index in [4.69, 9.17) is 9.52 Å². The molecule has 5 heteroatoms. The Bertz CT molecular complexity index is 644. The van der Waals surface area contributed by atoms with Crippen LogP contribution in [-0.2, 0) is 4.79 Å². The molecule has 0 spiro atoms. The molecule has 0 amide bonds. The van der Waals surface area contributed by atoms with Gasteiger partial charge in [0.05, 0.1) is 11.9 Å². The zero-order valence-electron chi connectivity index (χ0n) is 9.79. The molecule has 1 aromatic carbocycles. The van der Waals surface area contributed by atoms with Crippen molar-refractivity contribution in [3.63, 3.8) is 0 Å². The highest BCUT2D eigenvalue weighted by atomic mass is 127. The Morgan fingerprint density at radius 1 is 1.32 bits per heavy atom. The smallest absolute Gasteiger partial charge is 0.328 e. The highest BCUT2D eigenvalue weighted by Crippen LogP contribution is 2.16. The van der Waals surface area contributed by atoms with Crippen molar-refractivity contribution < 1.29 is 14.3 Å². The normalized spacial score (nSPS) is 11.4. The van der Waals surface area contributed by atoms with Gasteiger partial charge in [-0.1, -0.05) is 12.1 Å². The average molecular weight is 367 g/mol. The number of aliphatic carboxylic acids is 1. The fraction of sp³-hybridized carbons (Fsp3) is 0. The zero-order valence-corrected chi connectivity index (χ0v) is 11.9. The quantitative estimate of drug-likeness (QED) is 0.509. The first-order valence-electron chi connectivity index (χ1n) is 5.44. The van der Waals surface area contributed by atoms with Gasteiger partial charge in [-0.15, -0.1) is 0 Å². The van der Waals surface area contributed by atoms with Crippen molar-refractivity contribution in [3.8, 4) is 0 Å². The van der Waals surface area contributed by atoms with Gasteiger partial charge in [-0.3, -0.25) is 4.99 Å². The third-order valence-electron chi connectivity index (χ3n) is 2.22. The van der Waals surface area contributed by atoms with Gasteiger partial charge < -0.3 is 9.52 Å². The molecule has 96 valence electrons. The lowest BCUT2D eigenvalue weighted by molar-refractivity contribution is -0.131. The van der Waals surface area contributed by atoms with Crippen molar-refractivity contribution in [2.24, 2.45) is 4.99 Å². The third-order valence-corrected chi connectivity index (χ3v) is 2.80. The minimum absolute atomic E-state index is 0.677. The van der Waals surface area contributed by atoms with E-state index in [1.54, 1.807) is 12.3 Å². The van der Waals surface area contributed by atoms with Gasteiger partial charge >= 0.3 is 5.97 Å². The van der Waals surface area contributed by atoms with Crippen LogP contribution in [-0.4, -0.2) is 17.3 Å². The van der Waals surface area contributed by atoms with E-state index in [1.165, 1.54) is 6.08 Å². The molecule has 1 heterocycles. The van der Waals surface area contributed by atoms with Crippen LogP contribution in [0, 0.1) is 3.77 Å². The summed E-state index contributed by atoms with van der Waals surface area (Å²) in [4.78, 5) is 14.7. The lowest BCUT2D eigenvalue weighted by atomic mass is 10.2. The number of carboxylic acid groups (broad SMARTS) is 1. The maximum Gasteiger partial charge on any atom is 0.328 e. The van der Waals surface area contributed by atoms with E-state index in [1.807, 2.05) is 30.3 Å². The number of hydrogen-bond acceptors (Lipinski definition) is 3. The van der Waals surface area contributed by atoms with Crippen LogP contribution in [0.4, 0.5) is 5.69 Å². The Balaban J connectivity index is 2.15. The fourth-order valence-electron chi connectivity index (χ4n) is 1.41. The van der Waals surface area contributed by atoms with Crippen molar-refractivity contribution in [1.82, 2.24) is 0 Å². The van der Waals surface area contributed by atoms with Crippen LogP contribution in [0.3, 0.4) is 0 Å². The average Bonchev–Trinajstić information content (AvgIpc) is 2.80. The van der Waals surface area contributed by atoms with Crippen molar-refractivity contribution in [2.75, 3.05) is 0 Å². The van der Waals surface area contributed by atoms with Crippen LogP contribution in [0.25, 0.3) is 6.08 Å². The maximum absolute atomic E-state index is 10.4. The monoisotopic (exact) mass is 367 g/mol. The molecule has 2 rings (SSSR count). The van der Waals surface area contributed by atoms with Gasteiger partial charge in [0.25, 0.3) is 0 Å². The molecule has 1 N–H and O–H groups in total. The number of halogens is 1. The van der Waals surface area contributed by atoms with Crippen LogP contribution < -0.4 is 0 Å². The molecular weight excluding hydrogens is 357 g/mol. The summed E-state index contributed by atoms with van der Waals surface area (Å²) < 4.78 is 6.16. The number of hydrogen-bond donors (Lipinski definition) is 1. The summed E-state index contributed by atoms with van der Waals surface area (Å²) >= 11 is 2.08. The summed E-state index contributed by atoms with van der Waals surface area (Å²) in [6.07, 6.45) is 4.25. The Kier molecular flexibility index (Phi) is 4.51. The molecule has 0 saturated heterocycles. The predicted octanol–water partition coefficient (Wildman–Crippen LogP) is 3.73. The highest BCUT2D eigenvalue weighted by molar-refractivity contribution is 14.1. The highest BCUT2D eigenvalue weighted by Gasteiger charge is 1.96. The zero-order chi connectivity index (χ0) is 13.7.